The molecular formula is C19H18BrF3N4O3. The minimum Gasteiger partial charge on any atom is -0.369 e. The summed E-state index contributed by atoms with van der Waals surface area (Å²) in [6.07, 6.45) is -4.39. The van der Waals surface area contributed by atoms with Crippen molar-refractivity contribution in [2.45, 2.75) is 6.18 Å². The number of carbonyl (C=O) groups excluding carboxylic acids is 1. The van der Waals surface area contributed by atoms with E-state index in [1.807, 2.05) is 9.80 Å². The number of amides is 1. The Kier molecular flexibility index (Phi) is 6.61. The molecule has 1 N–H and O–H groups in total. The molecule has 0 radical (unpaired) electrons. The van der Waals surface area contributed by atoms with Gasteiger partial charge in [-0.05, 0) is 40.2 Å². The van der Waals surface area contributed by atoms with Gasteiger partial charge < -0.3 is 10.2 Å². The average Bonchev–Trinajstić information content (AvgIpc) is 2.69. The number of benzene rings is 2. The lowest BCUT2D eigenvalue weighted by Gasteiger charge is -2.36. The molecule has 3 rings (SSSR count). The van der Waals surface area contributed by atoms with Crippen molar-refractivity contribution in [1.29, 1.82) is 0 Å². The molecule has 0 saturated carbocycles. The van der Waals surface area contributed by atoms with Crippen molar-refractivity contribution in [3.63, 3.8) is 0 Å². The molecule has 1 heterocycles. The van der Waals surface area contributed by atoms with Crippen molar-refractivity contribution in [2.24, 2.45) is 0 Å². The highest BCUT2D eigenvalue weighted by Crippen LogP contribution is 2.32. The van der Waals surface area contributed by atoms with Crippen LogP contribution in [0.3, 0.4) is 0 Å². The Bertz CT molecular complexity index is 947. The smallest absolute Gasteiger partial charge is 0.369 e. The molecule has 30 heavy (non-hydrogen) atoms. The van der Waals surface area contributed by atoms with Gasteiger partial charge in [0.1, 0.15) is 0 Å². The summed E-state index contributed by atoms with van der Waals surface area (Å²) in [6.45, 7) is 2.14. The molecule has 2 aromatic carbocycles. The lowest BCUT2D eigenvalue weighted by Crippen LogP contribution is -2.48. The number of non-ortho nitro benzene ring substituents is 1. The molecule has 7 nitrogen and oxygen atoms in total. The molecule has 11 heteroatoms. The lowest BCUT2D eigenvalue weighted by atomic mass is 10.1. The number of rotatable bonds is 5. The summed E-state index contributed by atoms with van der Waals surface area (Å²) in [5.74, 6) is -0.280. The van der Waals surface area contributed by atoms with Gasteiger partial charge in [0.2, 0.25) is 5.91 Å². The predicted molar refractivity (Wildman–Crippen MR) is 110 cm³/mol. The summed E-state index contributed by atoms with van der Waals surface area (Å²) in [5, 5.41) is 13.5. The molecule has 0 aromatic heterocycles. The van der Waals surface area contributed by atoms with Crippen LogP contribution in [0.2, 0.25) is 0 Å². The number of piperazine rings is 1. The standard InChI is InChI=1S/C19H18BrF3N4O3/c20-16-11-15(27(29)30)4-5-17(16)24-18(28)12-25-6-8-26(9-7-25)14-3-1-2-13(10-14)19(21,22)23/h1-5,10-11H,6-9,12H2,(H,24,28). The third-order valence-corrected chi connectivity index (χ3v) is 5.37. The Morgan fingerprint density at radius 3 is 2.43 bits per heavy atom. The van der Waals surface area contributed by atoms with Crippen molar-refractivity contribution in [2.75, 3.05) is 42.9 Å². The number of anilines is 2. The quantitative estimate of drug-likeness (QED) is 0.507. The second kappa shape index (κ2) is 9.00. The van der Waals surface area contributed by atoms with Crippen molar-refractivity contribution in [3.05, 3.63) is 62.6 Å². The lowest BCUT2D eigenvalue weighted by molar-refractivity contribution is -0.384. The minimum atomic E-state index is -4.39. The molecule has 0 unspecified atom stereocenters. The third-order valence-electron chi connectivity index (χ3n) is 4.72. The molecule has 160 valence electrons. The number of carbonyl (C=O) groups is 1. The minimum absolute atomic E-state index is 0.0920. The first kappa shape index (κ1) is 22.0. The van der Waals surface area contributed by atoms with Gasteiger partial charge in [-0.2, -0.15) is 13.2 Å². The van der Waals surface area contributed by atoms with Crippen LogP contribution in [0.4, 0.5) is 30.2 Å². The summed E-state index contributed by atoms with van der Waals surface area (Å²) in [5.41, 5.74) is 0.151. The van der Waals surface area contributed by atoms with Gasteiger partial charge in [-0.25, -0.2) is 0 Å². The van der Waals surface area contributed by atoms with E-state index < -0.39 is 16.7 Å². The van der Waals surface area contributed by atoms with E-state index in [2.05, 4.69) is 21.2 Å². The van der Waals surface area contributed by atoms with Gasteiger partial charge in [-0.15, -0.1) is 0 Å². The number of nitro benzene ring substituents is 1. The van der Waals surface area contributed by atoms with Crippen molar-refractivity contribution >= 4 is 38.9 Å². The number of nitrogens with one attached hydrogen (secondary N) is 1. The van der Waals surface area contributed by atoms with E-state index in [0.717, 1.165) is 12.1 Å². The molecule has 1 aliphatic heterocycles. The number of nitrogens with zero attached hydrogens (tertiary/aromatic N) is 3. The molecular weight excluding hydrogens is 469 g/mol. The van der Waals surface area contributed by atoms with Gasteiger partial charge in [0.25, 0.3) is 5.69 Å². The maximum atomic E-state index is 12.9. The van der Waals surface area contributed by atoms with Gasteiger partial charge in [0, 0.05) is 48.5 Å². The van der Waals surface area contributed by atoms with E-state index in [1.54, 1.807) is 6.07 Å². The number of nitro groups is 1. The fourth-order valence-electron chi connectivity index (χ4n) is 3.15. The highest BCUT2D eigenvalue weighted by Gasteiger charge is 2.31. The zero-order chi connectivity index (χ0) is 21.9. The van der Waals surface area contributed by atoms with Crippen LogP contribution in [0.15, 0.2) is 46.9 Å². The van der Waals surface area contributed by atoms with Gasteiger partial charge >= 0.3 is 6.18 Å². The van der Waals surface area contributed by atoms with Crippen molar-refractivity contribution in [1.82, 2.24) is 4.90 Å². The van der Waals surface area contributed by atoms with E-state index in [1.165, 1.54) is 24.3 Å². The summed E-state index contributed by atoms with van der Waals surface area (Å²) >= 11 is 3.20. The van der Waals surface area contributed by atoms with E-state index >= 15 is 0 Å². The first-order valence-corrected chi connectivity index (χ1v) is 9.81. The van der Waals surface area contributed by atoms with E-state index in [9.17, 15) is 28.1 Å². The largest absolute Gasteiger partial charge is 0.416 e. The summed E-state index contributed by atoms with van der Waals surface area (Å²) < 4.78 is 39.1. The zero-order valence-corrected chi connectivity index (χ0v) is 17.2. The van der Waals surface area contributed by atoms with E-state index in [-0.39, 0.29) is 18.1 Å². The molecule has 1 saturated heterocycles. The molecule has 0 bridgehead atoms. The summed E-state index contributed by atoms with van der Waals surface area (Å²) in [4.78, 5) is 26.3. The fourth-order valence-corrected chi connectivity index (χ4v) is 3.62. The Hall–Kier alpha value is -2.66. The Morgan fingerprint density at radius 1 is 1.13 bits per heavy atom. The third kappa shape index (κ3) is 5.48. The molecule has 2 aromatic rings. The summed E-state index contributed by atoms with van der Waals surface area (Å²) in [6, 6.07) is 9.27. The topological polar surface area (TPSA) is 78.7 Å². The first-order chi connectivity index (χ1) is 14.1. The number of halogens is 4. The van der Waals surface area contributed by atoms with Crippen LogP contribution in [0.5, 0.6) is 0 Å². The zero-order valence-electron chi connectivity index (χ0n) is 15.7. The van der Waals surface area contributed by atoms with Crippen LogP contribution in [-0.2, 0) is 11.0 Å². The highest BCUT2D eigenvalue weighted by molar-refractivity contribution is 9.10. The van der Waals surface area contributed by atoms with E-state index in [0.29, 0.717) is 42.0 Å². The van der Waals surface area contributed by atoms with Crippen molar-refractivity contribution in [3.8, 4) is 0 Å². The van der Waals surface area contributed by atoms with Crippen LogP contribution in [-0.4, -0.2) is 48.5 Å². The molecule has 1 fully saturated rings. The molecule has 0 aliphatic carbocycles. The Labute approximate surface area is 178 Å². The van der Waals surface area contributed by atoms with Crippen LogP contribution in [0.1, 0.15) is 5.56 Å². The number of hydrogen-bond donors (Lipinski definition) is 1. The molecule has 0 atom stereocenters. The molecule has 1 aliphatic rings. The van der Waals surface area contributed by atoms with Crippen LogP contribution in [0, 0.1) is 10.1 Å². The van der Waals surface area contributed by atoms with Gasteiger partial charge in [0.15, 0.2) is 0 Å². The number of alkyl halides is 3. The SMILES string of the molecule is O=C(CN1CCN(c2cccc(C(F)(F)F)c2)CC1)Nc1ccc([N+](=O)[O-])cc1Br. The van der Waals surface area contributed by atoms with Gasteiger partial charge in [-0.3, -0.25) is 19.8 Å². The van der Waals surface area contributed by atoms with Crippen LogP contribution in [0.25, 0.3) is 0 Å². The second-order valence-corrected chi connectivity index (χ2v) is 7.64. The molecule has 1 amide bonds. The average molecular weight is 487 g/mol. The summed E-state index contributed by atoms with van der Waals surface area (Å²) in [7, 11) is 0. The second-order valence-electron chi connectivity index (χ2n) is 6.78. The van der Waals surface area contributed by atoms with Crippen LogP contribution < -0.4 is 10.2 Å². The van der Waals surface area contributed by atoms with E-state index in [4.69, 9.17) is 0 Å². The maximum absolute atomic E-state index is 12.9. The van der Waals surface area contributed by atoms with Gasteiger partial charge in [0.05, 0.1) is 22.7 Å². The van der Waals surface area contributed by atoms with Crippen LogP contribution >= 0.6 is 15.9 Å². The highest BCUT2D eigenvalue weighted by atomic mass is 79.9. The maximum Gasteiger partial charge on any atom is 0.416 e. The van der Waals surface area contributed by atoms with Gasteiger partial charge in [-0.1, -0.05) is 6.07 Å². The first-order valence-electron chi connectivity index (χ1n) is 9.02. The van der Waals surface area contributed by atoms with Crippen molar-refractivity contribution < 1.29 is 22.9 Å². The fraction of sp³-hybridized carbons (Fsp3) is 0.316. The molecule has 0 spiro atoms. The number of hydrogen-bond acceptors (Lipinski definition) is 5. The Balaban J connectivity index is 1.54. The predicted octanol–water partition coefficient (Wildman–Crippen LogP) is 4.14. The monoisotopic (exact) mass is 486 g/mol. The Morgan fingerprint density at radius 2 is 1.83 bits per heavy atom. The normalized spacial score (nSPS) is 15.1.